The molecule has 0 fully saturated rings. The molecule has 0 spiro atoms. The zero-order chi connectivity index (χ0) is 18.2. The molecule has 2 aromatic rings. The fourth-order valence-electron chi connectivity index (χ4n) is 1.99. The van der Waals surface area contributed by atoms with Gasteiger partial charge in [0.25, 0.3) is 11.8 Å². The summed E-state index contributed by atoms with van der Waals surface area (Å²) in [6, 6.07) is 6.61. The van der Waals surface area contributed by atoms with E-state index in [0.29, 0.717) is 34.4 Å². The maximum atomic E-state index is 11.8. The van der Waals surface area contributed by atoms with Gasteiger partial charge in [0.2, 0.25) is 0 Å². The molecule has 0 bridgehead atoms. The van der Waals surface area contributed by atoms with Crippen molar-refractivity contribution in [2.75, 3.05) is 13.7 Å². The normalized spacial score (nSPS) is 10.5. The van der Waals surface area contributed by atoms with Gasteiger partial charge in [-0.15, -0.1) is 0 Å². The van der Waals surface area contributed by atoms with Crippen molar-refractivity contribution in [3.8, 4) is 11.5 Å². The first-order valence-corrected chi connectivity index (χ1v) is 7.85. The standard InChI is InChI=1S/C17H18ClN3O4/c1-3-25-16-12(18)9-11(10-14(16)24-2)6-7-15(22)20-21-17(23)13-5-4-8-19-13/h4-10,19H,3H2,1-2H3,(H,20,22)(H,21,23)/b7-6+. The lowest BCUT2D eigenvalue weighted by Gasteiger charge is -2.11. The van der Waals surface area contributed by atoms with Crippen molar-refractivity contribution < 1.29 is 19.1 Å². The third-order valence-corrected chi connectivity index (χ3v) is 3.39. The summed E-state index contributed by atoms with van der Waals surface area (Å²) in [6.07, 6.45) is 4.42. The molecular formula is C17H18ClN3O4. The van der Waals surface area contributed by atoms with Gasteiger partial charge in [-0.25, -0.2) is 0 Å². The van der Waals surface area contributed by atoms with E-state index in [9.17, 15) is 9.59 Å². The van der Waals surface area contributed by atoms with Crippen molar-refractivity contribution in [2.24, 2.45) is 0 Å². The number of aromatic amines is 1. The van der Waals surface area contributed by atoms with Gasteiger partial charge < -0.3 is 14.5 Å². The van der Waals surface area contributed by atoms with Crippen molar-refractivity contribution in [3.05, 3.63) is 52.8 Å². The average Bonchev–Trinajstić information content (AvgIpc) is 3.14. The van der Waals surface area contributed by atoms with Crippen LogP contribution in [0.5, 0.6) is 11.5 Å². The van der Waals surface area contributed by atoms with Crippen LogP contribution in [0.3, 0.4) is 0 Å². The number of hydrogen-bond acceptors (Lipinski definition) is 4. The molecule has 2 amide bonds. The zero-order valence-electron chi connectivity index (χ0n) is 13.8. The topological polar surface area (TPSA) is 92.5 Å². The van der Waals surface area contributed by atoms with Crippen LogP contribution in [0.1, 0.15) is 23.0 Å². The van der Waals surface area contributed by atoms with Crippen LogP contribution in [0, 0.1) is 0 Å². The number of H-pyrrole nitrogens is 1. The SMILES string of the molecule is CCOc1c(Cl)cc(/C=C/C(=O)NNC(=O)c2ccc[nH]2)cc1OC. The highest BCUT2D eigenvalue weighted by molar-refractivity contribution is 6.32. The van der Waals surface area contributed by atoms with Crippen LogP contribution in [0.4, 0.5) is 0 Å². The average molecular weight is 364 g/mol. The number of amides is 2. The molecule has 0 unspecified atom stereocenters. The monoisotopic (exact) mass is 363 g/mol. The predicted octanol–water partition coefficient (Wildman–Crippen LogP) is 2.55. The van der Waals surface area contributed by atoms with E-state index in [-0.39, 0.29) is 0 Å². The first kappa shape index (κ1) is 18.4. The second kappa shape index (κ2) is 8.79. The van der Waals surface area contributed by atoms with Gasteiger partial charge in [0.1, 0.15) is 5.69 Å². The molecule has 25 heavy (non-hydrogen) atoms. The number of ether oxygens (including phenoxy) is 2. The van der Waals surface area contributed by atoms with Gasteiger partial charge in [0.05, 0.1) is 18.7 Å². The third-order valence-electron chi connectivity index (χ3n) is 3.11. The van der Waals surface area contributed by atoms with E-state index in [1.807, 2.05) is 6.92 Å². The summed E-state index contributed by atoms with van der Waals surface area (Å²) in [4.78, 5) is 26.2. The summed E-state index contributed by atoms with van der Waals surface area (Å²) in [7, 11) is 1.50. The molecule has 3 N–H and O–H groups in total. The van der Waals surface area contributed by atoms with Crippen LogP contribution < -0.4 is 20.3 Å². The van der Waals surface area contributed by atoms with Crippen LogP contribution in [0.25, 0.3) is 6.08 Å². The Labute approximate surface area is 149 Å². The van der Waals surface area contributed by atoms with Crippen LogP contribution >= 0.6 is 11.6 Å². The highest BCUT2D eigenvalue weighted by atomic mass is 35.5. The van der Waals surface area contributed by atoms with E-state index >= 15 is 0 Å². The Kier molecular flexibility index (Phi) is 6.47. The van der Waals surface area contributed by atoms with E-state index < -0.39 is 11.8 Å². The maximum absolute atomic E-state index is 11.8. The Morgan fingerprint density at radius 3 is 2.76 bits per heavy atom. The molecule has 0 aliphatic carbocycles. The van der Waals surface area contributed by atoms with Crippen molar-refractivity contribution >= 4 is 29.5 Å². The second-order valence-corrected chi connectivity index (χ2v) is 5.23. The summed E-state index contributed by atoms with van der Waals surface area (Å²) >= 11 is 6.17. The number of hydrogen-bond donors (Lipinski definition) is 3. The molecule has 7 nitrogen and oxygen atoms in total. The minimum Gasteiger partial charge on any atom is -0.493 e. The molecule has 8 heteroatoms. The summed E-state index contributed by atoms with van der Waals surface area (Å²) in [6.45, 7) is 2.30. The Morgan fingerprint density at radius 1 is 1.32 bits per heavy atom. The van der Waals surface area contributed by atoms with E-state index in [1.54, 1.807) is 36.5 Å². The molecule has 2 rings (SSSR count). The fourth-order valence-corrected chi connectivity index (χ4v) is 2.26. The lowest BCUT2D eigenvalue weighted by atomic mass is 10.2. The molecule has 1 heterocycles. The van der Waals surface area contributed by atoms with Gasteiger partial charge in [-0.2, -0.15) is 0 Å². The number of carbonyl (C=O) groups is 2. The number of carbonyl (C=O) groups excluding carboxylic acids is 2. The highest BCUT2D eigenvalue weighted by Crippen LogP contribution is 2.36. The molecule has 0 aliphatic rings. The molecule has 0 atom stereocenters. The number of aromatic nitrogens is 1. The van der Waals surface area contributed by atoms with Crippen LogP contribution in [0.15, 0.2) is 36.5 Å². The molecule has 0 radical (unpaired) electrons. The molecule has 0 saturated carbocycles. The minimum absolute atomic E-state index is 0.340. The van der Waals surface area contributed by atoms with Gasteiger partial charge in [0.15, 0.2) is 11.5 Å². The second-order valence-electron chi connectivity index (χ2n) is 4.83. The van der Waals surface area contributed by atoms with Gasteiger partial charge in [-0.05, 0) is 42.8 Å². The van der Waals surface area contributed by atoms with Crippen molar-refractivity contribution in [1.29, 1.82) is 0 Å². The number of benzene rings is 1. The number of methoxy groups -OCH3 is 1. The molecule has 132 valence electrons. The number of halogens is 1. The van der Waals surface area contributed by atoms with Crippen LogP contribution in [0.2, 0.25) is 5.02 Å². The first-order valence-electron chi connectivity index (χ1n) is 7.47. The molecule has 0 saturated heterocycles. The summed E-state index contributed by atoms with van der Waals surface area (Å²) in [5.74, 6) is -0.0256. The quantitative estimate of drug-likeness (QED) is 0.543. The van der Waals surface area contributed by atoms with Gasteiger partial charge in [-0.3, -0.25) is 20.4 Å². The molecule has 1 aromatic carbocycles. The Morgan fingerprint density at radius 2 is 2.12 bits per heavy atom. The Balaban J connectivity index is 1.99. The third kappa shape index (κ3) is 5.02. The van der Waals surface area contributed by atoms with E-state index in [1.165, 1.54) is 13.2 Å². The molecule has 0 aliphatic heterocycles. The van der Waals surface area contributed by atoms with Crippen LogP contribution in [-0.4, -0.2) is 30.5 Å². The van der Waals surface area contributed by atoms with E-state index in [0.717, 1.165) is 0 Å². The summed E-state index contributed by atoms with van der Waals surface area (Å²) in [5, 5.41) is 0.376. The lowest BCUT2D eigenvalue weighted by molar-refractivity contribution is -0.117. The first-order chi connectivity index (χ1) is 12.0. The van der Waals surface area contributed by atoms with E-state index in [4.69, 9.17) is 21.1 Å². The highest BCUT2D eigenvalue weighted by Gasteiger charge is 2.11. The minimum atomic E-state index is -0.496. The molecule has 1 aromatic heterocycles. The van der Waals surface area contributed by atoms with Crippen molar-refractivity contribution in [2.45, 2.75) is 6.92 Å². The lowest BCUT2D eigenvalue weighted by Crippen LogP contribution is -2.40. The Hall–Kier alpha value is -2.93. The Bertz CT molecular complexity index is 772. The fraction of sp³-hybridized carbons (Fsp3) is 0.176. The zero-order valence-corrected chi connectivity index (χ0v) is 14.5. The number of hydrazine groups is 1. The number of nitrogens with one attached hydrogen (secondary N) is 3. The summed E-state index contributed by atoms with van der Waals surface area (Å²) in [5.41, 5.74) is 5.56. The van der Waals surface area contributed by atoms with Crippen molar-refractivity contribution in [3.63, 3.8) is 0 Å². The van der Waals surface area contributed by atoms with E-state index in [2.05, 4.69) is 15.8 Å². The van der Waals surface area contributed by atoms with Gasteiger partial charge in [-0.1, -0.05) is 11.6 Å². The van der Waals surface area contributed by atoms with Gasteiger partial charge in [0, 0.05) is 12.3 Å². The maximum Gasteiger partial charge on any atom is 0.286 e. The summed E-state index contributed by atoms with van der Waals surface area (Å²) < 4.78 is 10.7. The largest absolute Gasteiger partial charge is 0.493 e. The molecular weight excluding hydrogens is 346 g/mol. The number of rotatable bonds is 6. The van der Waals surface area contributed by atoms with Crippen molar-refractivity contribution in [1.82, 2.24) is 15.8 Å². The van der Waals surface area contributed by atoms with Crippen LogP contribution in [-0.2, 0) is 4.79 Å². The van der Waals surface area contributed by atoms with Gasteiger partial charge >= 0.3 is 0 Å². The smallest absolute Gasteiger partial charge is 0.286 e. The predicted molar refractivity (Wildman–Crippen MR) is 94.6 cm³/mol.